The van der Waals surface area contributed by atoms with Crippen molar-refractivity contribution in [2.75, 3.05) is 14.1 Å². The number of imide groups is 1. The Morgan fingerprint density at radius 2 is 1.58 bits per heavy atom. The van der Waals surface area contributed by atoms with Crippen LogP contribution in [-0.4, -0.2) is 35.7 Å². The SMILES string of the molecule is CN(Cc1ccccc1)C1=C(c2ccc(F)cc2)C(=O)N(C)C1=O. The van der Waals surface area contributed by atoms with Gasteiger partial charge in [0.15, 0.2) is 0 Å². The third-order valence-electron chi connectivity index (χ3n) is 4.04. The zero-order valence-corrected chi connectivity index (χ0v) is 13.5. The van der Waals surface area contributed by atoms with Crippen LogP contribution < -0.4 is 0 Å². The maximum absolute atomic E-state index is 13.2. The van der Waals surface area contributed by atoms with Crippen LogP contribution in [-0.2, 0) is 16.1 Å². The smallest absolute Gasteiger partial charge is 0.277 e. The molecule has 1 aliphatic heterocycles. The van der Waals surface area contributed by atoms with Crippen LogP contribution in [0.1, 0.15) is 11.1 Å². The van der Waals surface area contributed by atoms with Gasteiger partial charge in [0, 0.05) is 20.6 Å². The number of amides is 2. The minimum absolute atomic E-state index is 0.306. The number of carbonyl (C=O) groups is 2. The van der Waals surface area contributed by atoms with Crippen LogP contribution in [0.25, 0.3) is 5.57 Å². The fraction of sp³-hybridized carbons (Fsp3) is 0.158. The van der Waals surface area contributed by atoms with Crippen molar-refractivity contribution in [3.8, 4) is 0 Å². The van der Waals surface area contributed by atoms with Crippen molar-refractivity contribution in [3.63, 3.8) is 0 Å². The van der Waals surface area contributed by atoms with Crippen LogP contribution in [0, 0.1) is 5.82 Å². The van der Waals surface area contributed by atoms with E-state index < -0.39 is 0 Å². The van der Waals surface area contributed by atoms with E-state index in [0.29, 0.717) is 23.4 Å². The summed E-state index contributed by atoms with van der Waals surface area (Å²) < 4.78 is 13.2. The molecule has 0 aromatic heterocycles. The van der Waals surface area contributed by atoms with E-state index in [2.05, 4.69) is 0 Å². The van der Waals surface area contributed by atoms with Crippen molar-refractivity contribution < 1.29 is 14.0 Å². The molecule has 0 fully saturated rings. The average molecular weight is 324 g/mol. The fourth-order valence-corrected chi connectivity index (χ4v) is 2.79. The van der Waals surface area contributed by atoms with Gasteiger partial charge in [0.1, 0.15) is 11.5 Å². The maximum atomic E-state index is 13.2. The monoisotopic (exact) mass is 324 g/mol. The molecule has 2 amide bonds. The number of nitrogens with zero attached hydrogens (tertiary/aromatic N) is 2. The zero-order chi connectivity index (χ0) is 17.3. The molecule has 1 heterocycles. The van der Waals surface area contributed by atoms with Gasteiger partial charge in [-0.25, -0.2) is 4.39 Å². The lowest BCUT2D eigenvalue weighted by atomic mass is 10.0. The summed E-state index contributed by atoms with van der Waals surface area (Å²) >= 11 is 0. The summed E-state index contributed by atoms with van der Waals surface area (Å²) in [6.45, 7) is 0.494. The predicted octanol–water partition coefficient (Wildman–Crippen LogP) is 2.67. The molecule has 0 spiro atoms. The number of hydrogen-bond acceptors (Lipinski definition) is 3. The van der Waals surface area contributed by atoms with E-state index in [-0.39, 0.29) is 17.6 Å². The van der Waals surface area contributed by atoms with E-state index in [9.17, 15) is 14.0 Å². The van der Waals surface area contributed by atoms with Crippen LogP contribution in [0.2, 0.25) is 0 Å². The van der Waals surface area contributed by atoms with Crippen LogP contribution in [0.5, 0.6) is 0 Å². The number of rotatable bonds is 4. The van der Waals surface area contributed by atoms with Gasteiger partial charge in [-0.05, 0) is 23.3 Å². The molecule has 1 aliphatic rings. The number of halogens is 1. The Kier molecular flexibility index (Phi) is 4.16. The van der Waals surface area contributed by atoms with Gasteiger partial charge in [-0.15, -0.1) is 0 Å². The lowest BCUT2D eigenvalue weighted by Gasteiger charge is -2.20. The van der Waals surface area contributed by atoms with Gasteiger partial charge in [-0.2, -0.15) is 0 Å². The van der Waals surface area contributed by atoms with Crippen molar-refractivity contribution in [3.05, 3.63) is 77.2 Å². The third kappa shape index (κ3) is 2.80. The molecule has 3 rings (SSSR count). The van der Waals surface area contributed by atoms with Crippen molar-refractivity contribution >= 4 is 17.4 Å². The Morgan fingerprint density at radius 1 is 0.958 bits per heavy atom. The van der Waals surface area contributed by atoms with E-state index in [1.54, 1.807) is 11.9 Å². The lowest BCUT2D eigenvalue weighted by Crippen LogP contribution is -2.30. The van der Waals surface area contributed by atoms with Gasteiger partial charge in [0.2, 0.25) is 0 Å². The maximum Gasteiger partial charge on any atom is 0.277 e. The zero-order valence-electron chi connectivity index (χ0n) is 13.5. The highest BCUT2D eigenvalue weighted by Crippen LogP contribution is 2.30. The Balaban J connectivity index is 2.03. The van der Waals surface area contributed by atoms with Gasteiger partial charge in [-0.3, -0.25) is 14.5 Å². The van der Waals surface area contributed by atoms with Gasteiger partial charge in [0.25, 0.3) is 11.8 Å². The second-order valence-corrected chi connectivity index (χ2v) is 5.74. The van der Waals surface area contributed by atoms with E-state index >= 15 is 0 Å². The molecule has 2 aromatic rings. The van der Waals surface area contributed by atoms with Gasteiger partial charge in [-0.1, -0.05) is 42.5 Å². The molecular formula is C19H17FN2O2. The molecule has 0 saturated heterocycles. The van der Waals surface area contributed by atoms with Gasteiger partial charge in [0.05, 0.1) is 5.57 Å². The largest absolute Gasteiger partial charge is 0.365 e. The average Bonchev–Trinajstić information content (AvgIpc) is 2.81. The molecule has 0 bridgehead atoms. The first-order valence-corrected chi connectivity index (χ1v) is 7.56. The summed E-state index contributed by atoms with van der Waals surface area (Å²) in [4.78, 5) is 27.9. The normalized spacial score (nSPS) is 14.5. The number of likely N-dealkylation sites (N-methyl/N-ethyl adjacent to an activating group) is 2. The Hall–Kier alpha value is -2.95. The summed E-state index contributed by atoms with van der Waals surface area (Å²) in [5, 5.41) is 0. The first kappa shape index (κ1) is 15.9. The highest BCUT2D eigenvalue weighted by Gasteiger charge is 2.38. The molecule has 122 valence electrons. The number of carbonyl (C=O) groups excluding carboxylic acids is 2. The van der Waals surface area contributed by atoms with Crippen molar-refractivity contribution in [1.29, 1.82) is 0 Å². The number of hydrogen-bond donors (Lipinski definition) is 0. The molecule has 0 N–H and O–H groups in total. The van der Waals surface area contributed by atoms with E-state index in [1.165, 1.54) is 31.3 Å². The molecule has 0 aliphatic carbocycles. The Morgan fingerprint density at radius 3 is 2.21 bits per heavy atom. The van der Waals surface area contributed by atoms with Crippen LogP contribution >= 0.6 is 0 Å². The van der Waals surface area contributed by atoms with Crippen molar-refractivity contribution in [1.82, 2.24) is 9.80 Å². The standard InChI is InChI=1S/C19H17FN2O2/c1-21(12-13-6-4-3-5-7-13)17-16(18(23)22(2)19(17)24)14-8-10-15(20)11-9-14/h3-11H,12H2,1-2H3. The first-order valence-electron chi connectivity index (χ1n) is 7.56. The molecule has 0 radical (unpaired) electrons. The first-order chi connectivity index (χ1) is 11.5. The van der Waals surface area contributed by atoms with E-state index in [0.717, 1.165) is 10.5 Å². The second kappa shape index (κ2) is 6.28. The summed E-state index contributed by atoms with van der Waals surface area (Å²) in [6, 6.07) is 15.3. The minimum Gasteiger partial charge on any atom is -0.365 e. The summed E-state index contributed by atoms with van der Waals surface area (Å²) in [5.41, 5.74) is 2.20. The fourth-order valence-electron chi connectivity index (χ4n) is 2.79. The van der Waals surface area contributed by atoms with Crippen molar-refractivity contribution in [2.45, 2.75) is 6.54 Å². The molecule has 0 saturated carbocycles. The summed E-state index contributed by atoms with van der Waals surface area (Å²) in [6.07, 6.45) is 0. The molecule has 4 nitrogen and oxygen atoms in total. The van der Waals surface area contributed by atoms with Crippen LogP contribution in [0.4, 0.5) is 4.39 Å². The highest BCUT2D eigenvalue weighted by molar-refractivity contribution is 6.35. The van der Waals surface area contributed by atoms with Crippen LogP contribution in [0.3, 0.4) is 0 Å². The molecule has 0 unspecified atom stereocenters. The van der Waals surface area contributed by atoms with Crippen molar-refractivity contribution in [2.24, 2.45) is 0 Å². The second-order valence-electron chi connectivity index (χ2n) is 5.74. The van der Waals surface area contributed by atoms with E-state index in [1.807, 2.05) is 30.3 Å². The molecule has 5 heteroatoms. The van der Waals surface area contributed by atoms with Gasteiger partial charge >= 0.3 is 0 Å². The summed E-state index contributed by atoms with van der Waals surface area (Å²) in [5.74, 6) is -1.11. The summed E-state index contributed by atoms with van der Waals surface area (Å²) in [7, 11) is 3.23. The predicted molar refractivity (Wildman–Crippen MR) is 89.0 cm³/mol. The molecule has 24 heavy (non-hydrogen) atoms. The molecule has 2 aromatic carbocycles. The quantitative estimate of drug-likeness (QED) is 0.812. The highest BCUT2D eigenvalue weighted by atomic mass is 19.1. The van der Waals surface area contributed by atoms with Gasteiger partial charge < -0.3 is 4.90 Å². The van der Waals surface area contributed by atoms with Crippen LogP contribution in [0.15, 0.2) is 60.3 Å². The Bertz CT molecular complexity index is 813. The Labute approximate surface area is 139 Å². The molecule has 0 atom stereocenters. The van der Waals surface area contributed by atoms with E-state index in [4.69, 9.17) is 0 Å². The topological polar surface area (TPSA) is 40.6 Å². The minimum atomic E-state index is -0.385. The molecular weight excluding hydrogens is 307 g/mol. The number of benzene rings is 2. The lowest BCUT2D eigenvalue weighted by molar-refractivity contribution is -0.135. The third-order valence-corrected chi connectivity index (χ3v) is 4.04.